The number of rotatable bonds is 2. The molecule has 0 aliphatic heterocycles. The van der Waals surface area contributed by atoms with Crippen LogP contribution < -0.4 is 5.32 Å². The van der Waals surface area contributed by atoms with Crippen molar-refractivity contribution in [2.24, 2.45) is 0 Å². The average molecular weight is 247 g/mol. The largest absolute Gasteiger partial charge is 0.371 e. The predicted octanol–water partition coefficient (Wildman–Crippen LogP) is 3.83. The molecule has 3 heteroatoms. The maximum absolute atomic E-state index is 5.25. The third-order valence-electron chi connectivity index (χ3n) is 2.27. The van der Waals surface area contributed by atoms with Gasteiger partial charge in [-0.05, 0) is 23.8 Å². The van der Waals surface area contributed by atoms with Crippen molar-refractivity contribution in [3.8, 4) is 0 Å². The van der Waals surface area contributed by atoms with Crippen LogP contribution in [-0.4, -0.2) is 10.9 Å². The molecule has 0 aliphatic rings. The second-order valence-corrected chi connectivity index (χ2v) is 5.12. The molecule has 0 bridgehead atoms. The van der Waals surface area contributed by atoms with Gasteiger partial charge < -0.3 is 5.32 Å². The number of hydrogen-bond acceptors (Lipinski definition) is 2. The Morgan fingerprint density at radius 1 is 1.19 bits per heavy atom. The second kappa shape index (κ2) is 5.32. The zero-order chi connectivity index (χ0) is 11.4. The molecule has 0 aromatic heterocycles. The highest BCUT2D eigenvalue weighted by Gasteiger charge is 2.03. The average Bonchev–Trinajstić information content (AvgIpc) is 2.30. The van der Waals surface area contributed by atoms with Crippen molar-refractivity contribution < 1.29 is 0 Å². The van der Waals surface area contributed by atoms with Crippen LogP contribution >= 0.6 is 24.0 Å². The van der Waals surface area contributed by atoms with E-state index in [1.54, 1.807) is 11.8 Å². The van der Waals surface area contributed by atoms with Crippen LogP contribution in [0.4, 0.5) is 0 Å². The Balaban J connectivity index is 2.33. The van der Waals surface area contributed by atoms with Gasteiger partial charge in [-0.25, -0.2) is 0 Å². The van der Waals surface area contributed by atoms with Crippen LogP contribution in [0.15, 0.2) is 47.4 Å². The van der Waals surface area contributed by atoms with Crippen molar-refractivity contribution in [3.05, 3.63) is 42.5 Å². The number of thiocarbonyl (C=S) groups is 1. The second-order valence-electron chi connectivity index (χ2n) is 3.40. The SMILES string of the molecule is CCNC(=S)Sc1cccc2ccccc12. The van der Waals surface area contributed by atoms with Crippen molar-refractivity contribution in [1.29, 1.82) is 0 Å². The molecule has 2 aromatic carbocycles. The maximum atomic E-state index is 5.25. The lowest BCUT2D eigenvalue weighted by atomic mass is 10.1. The van der Waals surface area contributed by atoms with Crippen LogP contribution in [0.5, 0.6) is 0 Å². The first-order valence-electron chi connectivity index (χ1n) is 5.24. The Morgan fingerprint density at radius 2 is 1.94 bits per heavy atom. The third kappa shape index (κ3) is 2.54. The van der Waals surface area contributed by atoms with Gasteiger partial charge in [-0.3, -0.25) is 0 Å². The molecule has 0 unspecified atom stereocenters. The minimum absolute atomic E-state index is 0.832. The molecule has 1 N–H and O–H groups in total. The summed E-state index contributed by atoms with van der Waals surface area (Å²) in [7, 11) is 0. The lowest BCUT2D eigenvalue weighted by Gasteiger charge is -2.07. The number of nitrogens with one attached hydrogen (secondary N) is 1. The molecule has 2 rings (SSSR count). The first kappa shape index (κ1) is 11.4. The van der Waals surface area contributed by atoms with E-state index < -0.39 is 0 Å². The fraction of sp³-hybridized carbons (Fsp3) is 0.154. The molecule has 1 nitrogen and oxygen atoms in total. The van der Waals surface area contributed by atoms with E-state index in [0.717, 1.165) is 10.9 Å². The highest BCUT2D eigenvalue weighted by molar-refractivity contribution is 8.23. The van der Waals surface area contributed by atoms with Crippen LogP contribution in [0.3, 0.4) is 0 Å². The minimum Gasteiger partial charge on any atom is -0.371 e. The Labute approximate surface area is 105 Å². The zero-order valence-corrected chi connectivity index (χ0v) is 10.7. The Bertz CT molecular complexity index is 503. The Morgan fingerprint density at radius 3 is 2.75 bits per heavy atom. The molecule has 0 heterocycles. The fourth-order valence-corrected chi connectivity index (χ4v) is 2.84. The van der Waals surface area contributed by atoms with Gasteiger partial charge in [0, 0.05) is 11.4 Å². The molecule has 2 aromatic rings. The number of fused-ring (bicyclic) bond motifs is 1. The summed E-state index contributed by atoms with van der Waals surface area (Å²) in [6.07, 6.45) is 0. The molecule has 0 radical (unpaired) electrons. The summed E-state index contributed by atoms with van der Waals surface area (Å²) in [6, 6.07) is 14.7. The monoisotopic (exact) mass is 247 g/mol. The van der Waals surface area contributed by atoms with Crippen molar-refractivity contribution in [3.63, 3.8) is 0 Å². The van der Waals surface area contributed by atoms with Crippen molar-refractivity contribution in [2.45, 2.75) is 11.8 Å². The first-order chi connectivity index (χ1) is 7.81. The molecular formula is C13H13NS2. The molecule has 0 fully saturated rings. The summed E-state index contributed by atoms with van der Waals surface area (Å²) in [5.41, 5.74) is 0. The normalized spacial score (nSPS) is 10.3. The number of thioether (sulfide) groups is 1. The highest BCUT2D eigenvalue weighted by Crippen LogP contribution is 2.28. The molecule has 0 spiro atoms. The van der Waals surface area contributed by atoms with E-state index in [1.165, 1.54) is 15.7 Å². The summed E-state index contributed by atoms with van der Waals surface area (Å²) >= 11 is 6.87. The van der Waals surface area contributed by atoms with E-state index >= 15 is 0 Å². The van der Waals surface area contributed by atoms with Gasteiger partial charge in [0.25, 0.3) is 0 Å². The first-order valence-corrected chi connectivity index (χ1v) is 6.47. The Kier molecular flexibility index (Phi) is 3.80. The molecule has 82 valence electrons. The topological polar surface area (TPSA) is 12.0 Å². The fourth-order valence-electron chi connectivity index (χ4n) is 1.56. The zero-order valence-electron chi connectivity index (χ0n) is 9.07. The van der Waals surface area contributed by atoms with Crippen LogP contribution in [0.2, 0.25) is 0 Å². The molecule has 0 atom stereocenters. The van der Waals surface area contributed by atoms with E-state index in [1.807, 2.05) is 0 Å². The number of benzene rings is 2. The Hall–Kier alpha value is -1.06. The minimum atomic E-state index is 0.832. The van der Waals surface area contributed by atoms with Crippen LogP contribution in [-0.2, 0) is 0 Å². The van der Waals surface area contributed by atoms with Gasteiger partial charge in [-0.1, -0.05) is 60.4 Å². The molecule has 0 amide bonds. The van der Waals surface area contributed by atoms with Crippen LogP contribution in [0.25, 0.3) is 10.8 Å². The van der Waals surface area contributed by atoms with Gasteiger partial charge in [0.15, 0.2) is 0 Å². The third-order valence-corrected chi connectivity index (χ3v) is 3.57. The lowest BCUT2D eigenvalue weighted by molar-refractivity contribution is 0.995. The van der Waals surface area contributed by atoms with E-state index in [4.69, 9.17) is 12.2 Å². The molecule has 0 aliphatic carbocycles. The van der Waals surface area contributed by atoms with Crippen molar-refractivity contribution in [1.82, 2.24) is 5.32 Å². The molecule has 0 saturated heterocycles. The summed E-state index contributed by atoms with van der Waals surface area (Å²) in [6.45, 7) is 2.92. The summed E-state index contributed by atoms with van der Waals surface area (Å²) < 4.78 is 0.832. The van der Waals surface area contributed by atoms with Gasteiger partial charge in [-0.2, -0.15) is 0 Å². The van der Waals surface area contributed by atoms with Gasteiger partial charge in [0.1, 0.15) is 4.32 Å². The lowest BCUT2D eigenvalue weighted by Crippen LogP contribution is -2.16. The van der Waals surface area contributed by atoms with Gasteiger partial charge in [-0.15, -0.1) is 0 Å². The van der Waals surface area contributed by atoms with Crippen molar-refractivity contribution in [2.75, 3.05) is 6.54 Å². The maximum Gasteiger partial charge on any atom is 0.138 e. The van der Waals surface area contributed by atoms with E-state index in [-0.39, 0.29) is 0 Å². The summed E-state index contributed by atoms with van der Waals surface area (Å²) in [4.78, 5) is 1.21. The van der Waals surface area contributed by atoms with E-state index in [2.05, 4.69) is 54.7 Å². The van der Waals surface area contributed by atoms with E-state index in [0.29, 0.717) is 0 Å². The van der Waals surface area contributed by atoms with Gasteiger partial charge >= 0.3 is 0 Å². The highest BCUT2D eigenvalue weighted by atomic mass is 32.2. The number of hydrogen-bond donors (Lipinski definition) is 1. The molecule has 16 heavy (non-hydrogen) atoms. The van der Waals surface area contributed by atoms with Crippen LogP contribution in [0, 0.1) is 0 Å². The summed E-state index contributed by atoms with van der Waals surface area (Å²) in [5.74, 6) is 0. The standard InChI is InChI=1S/C13H13NS2/c1-2-14-13(15)16-12-9-5-7-10-6-3-4-8-11(10)12/h3-9H,2H2,1H3,(H,14,15). The summed E-state index contributed by atoms with van der Waals surface area (Å²) in [5, 5.41) is 5.67. The quantitative estimate of drug-likeness (QED) is 0.640. The predicted molar refractivity (Wildman–Crippen MR) is 76.1 cm³/mol. The smallest absolute Gasteiger partial charge is 0.138 e. The van der Waals surface area contributed by atoms with Crippen LogP contribution in [0.1, 0.15) is 6.92 Å². The van der Waals surface area contributed by atoms with Crippen molar-refractivity contribution >= 4 is 39.1 Å². The van der Waals surface area contributed by atoms with E-state index in [9.17, 15) is 0 Å². The van der Waals surface area contributed by atoms with Gasteiger partial charge in [0.2, 0.25) is 0 Å². The molecule has 0 saturated carbocycles. The van der Waals surface area contributed by atoms with Gasteiger partial charge in [0.05, 0.1) is 0 Å². The molecular weight excluding hydrogens is 234 g/mol.